The fourth-order valence-corrected chi connectivity index (χ4v) is 0.969. The molecular weight excluding hydrogens is 180 g/mol. The van der Waals surface area contributed by atoms with E-state index < -0.39 is 11.7 Å². The fourth-order valence-electron chi connectivity index (χ4n) is 0.969. The van der Waals surface area contributed by atoms with Gasteiger partial charge in [0.25, 0.3) is 5.91 Å². The molecule has 0 saturated heterocycles. The molecular formula is C10H12N2O2. The summed E-state index contributed by atoms with van der Waals surface area (Å²) in [5, 5.41) is 2.48. The van der Waals surface area contributed by atoms with Gasteiger partial charge in [-0.1, -0.05) is 30.3 Å². The van der Waals surface area contributed by atoms with Gasteiger partial charge in [0, 0.05) is 6.54 Å². The maximum Gasteiger partial charge on any atom is 0.289 e. The summed E-state index contributed by atoms with van der Waals surface area (Å²) in [6.45, 7) is 0.103. The molecule has 4 nitrogen and oxygen atoms in total. The lowest BCUT2D eigenvalue weighted by Gasteiger charge is -2.02. The van der Waals surface area contributed by atoms with Gasteiger partial charge in [-0.05, 0) is 5.56 Å². The summed E-state index contributed by atoms with van der Waals surface area (Å²) >= 11 is 0. The zero-order valence-corrected chi connectivity index (χ0v) is 7.69. The van der Waals surface area contributed by atoms with E-state index in [9.17, 15) is 9.59 Å². The molecule has 0 unspecified atom stereocenters. The average molecular weight is 192 g/mol. The number of carbonyl (C=O) groups is 2. The van der Waals surface area contributed by atoms with Crippen LogP contribution in [0.15, 0.2) is 30.3 Å². The first kappa shape index (κ1) is 10.4. The lowest BCUT2D eigenvalue weighted by molar-refractivity contribution is -0.137. The van der Waals surface area contributed by atoms with Gasteiger partial charge in [-0.15, -0.1) is 0 Å². The van der Waals surface area contributed by atoms with Crippen molar-refractivity contribution in [2.75, 3.05) is 6.54 Å². The van der Waals surface area contributed by atoms with Gasteiger partial charge in [-0.2, -0.15) is 0 Å². The number of nitrogens with two attached hydrogens (primary N) is 1. The first-order valence-corrected chi connectivity index (χ1v) is 4.29. The number of amides is 1. The van der Waals surface area contributed by atoms with E-state index in [1.807, 2.05) is 30.3 Å². The van der Waals surface area contributed by atoms with E-state index in [0.717, 1.165) is 5.56 Å². The molecule has 0 atom stereocenters. The molecule has 0 bridgehead atoms. The van der Waals surface area contributed by atoms with Crippen molar-refractivity contribution in [3.05, 3.63) is 35.9 Å². The third-order valence-electron chi connectivity index (χ3n) is 1.73. The van der Waals surface area contributed by atoms with Crippen LogP contribution in [0.1, 0.15) is 5.56 Å². The molecule has 4 heteroatoms. The van der Waals surface area contributed by atoms with Crippen molar-refractivity contribution >= 4 is 11.7 Å². The molecule has 14 heavy (non-hydrogen) atoms. The van der Waals surface area contributed by atoms with E-state index in [2.05, 4.69) is 5.32 Å². The average Bonchev–Trinajstić information content (AvgIpc) is 2.26. The van der Waals surface area contributed by atoms with Crippen molar-refractivity contribution in [2.45, 2.75) is 6.54 Å². The molecule has 0 aliphatic carbocycles. The van der Waals surface area contributed by atoms with Crippen molar-refractivity contribution < 1.29 is 9.59 Å². The predicted molar refractivity (Wildman–Crippen MR) is 52.4 cm³/mol. The maximum absolute atomic E-state index is 11.0. The van der Waals surface area contributed by atoms with Gasteiger partial charge >= 0.3 is 0 Å². The molecule has 1 rings (SSSR count). The van der Waals surface area contributed by atoms with Crippen LogP contribution in [0.4, 0.5) is 0 Å². The molecule has 0 heterocycles. The highest BCUT2D eigenvalue weighted by molar-refractivity contribution is 6.36. The molecule has 0 fully saturated rings. The second-order valence-electron chi connectivity index (χ2n) is 2.80. The van der Waals surface area contributed by atoms with E-state index in [-0.39, 0.29) is 6.54 Å². The van der Waals surface area contributed by atoms with Gasteiger partial charge in [-0.25, -0.2) is 0 Å². The van der Waals surface area contributed by atoms with E-state index >= 15 is 0 Å². The minimum atomic E-state index is -0.628. The maximum atomic E-state index is 11.0. The summed E-state index contributed by atoms with van der Waals surface area (Å²) < 4.78 is 0. The van der Waals surface area contributed by atoms with Crippen LogP contribution in [0.25, 0.3) is 0 Å². The predicted octanol–water partition coefficient (Wildman–Crippen LogP) is -0.169. The van der Waals surface area contributed by atoms with Gasteiger partial charge in [0.15, 0.2) is 0 Å². The van der Waals surface area contributed by atoms with Gasteiger partial charge in [-0.3, -0.25) is 9.59 Å². The van der Waals surface area contributed by atoms with E-state index in [1.54, 1.807) is 0 Å². The molecule has 0 aromatic heterocycles. The largest absolute Gasteiger partial charge is 0.345 e. The highest BCUT2D eigenvalue weighted by atomic mass is 16.2. The Morgan fingerprint density at radius 3 is 2.43 bits per heavy atom. The number of hydrogen-bond acceptors (Lipinski definition) is 3. The molecule has 1 aromatic rings. The van der Waals surface area contributed by atoms with Crippen LogP contribution in [0.3, 0.4) is 0 Å². The lowest BCUT2D eigenvalue weighted by atomic mass is 10.2. The van der Waals surface area contributed by atoms with Crippen LogP contribution in [-0.4, -0.2) is 18.2 Å². The smallest absolute Gasteiger partial charge is 0.289 e. The van der Waals surface area contributed by atoms with Crippen molar-refractivity contribution in [1.29, 1.82) is 0 Å². The quantitative estimate of drug-likeness (QED) is 0.650. The minimum Gasteiger partial charge on any atom is -0.345 e. The topological polar surface area (TPSA) is 72.2 Å². The van der Waals surface area contributed by atoms with Crippen LogP contribution >= 0.6 is 0 Å². The zero-order valence-electron chi connectivity index (χ0n) is 7.69. The fraction of sp³-hybridized carbons (Fsp3) is 0.200. The Morgan fingerprint density at radius 1 is 1.21 bits per heavy atom. The molecule has 0 aliphatic heterocycles. The first-order chi connectivity index (χ1) is 6.74. The number of ketones is 1. The normalized spacial score (nSPS) is 9.50. The minimum absolute atomic E-state index is 0.249. The van der Waals surface area contributed by atoms with Crippen LogP contribution in [0, 0.1) is 0 Å². The number of rotatable bonds is 4. The molecule has 0 radical (unpaired) electrons. The Labute approximate surface area is 82.1 Å². The standard InChI is InChI=1S/C10H12N2O2/c11-6-9(13)10(14)12-7-8-4-2-1-3-5-8/h1-5H,6-7,11H2,(H,12,14). The van der Waals surface area contributed by atoms with Crippen LogP contribution < -0.4 is 11.1 Å². The Hall–Kier alpha value is -1.68. The van der Waals surface area contributed by atoms with Crippen LogP contribution in [0.5, 0.6) is 0 Å². The molecule has 0 spiro atoms. The SMILES string of the molecule is NCC(=O)C(=O)NCc1ccccc1. The van der Waals surface area contributed by atoms with Crippen LogP contribution in [-0.2, 0) is 16.1 Å². The Bertz CT molecular complexity index is 322. The summed E-state index contributed by atoms with van der Waals surface area (Å²) in [6, 6.07) is 9.36. The Balaban J connectivity index is 2.42. The molecule has 1 aromatic carbocycles. The number of nitrogens with one attached hydrogen (secondary N) is 1. The second kappa shape index (κ2) is 5.14. The second-order valence-corrected chi connectivity index (χ2v) is 2.80. The summed E-state index contributed by atoms with van der Waals surface area (Å²) in [5.74, 6) is -1.22. The zero-order chi connectivity index (χ0) is 10.4. The first-order valence-electron chi connectivity index (χ1n) is 4.29. The van der Waals surface area contributed by atoms with E-state index in [0.29, 0.717) is 6.54 Å². The van der Waals surface area contributed by atoms with Crippen LogP contribution in [0.2, 0.25) is 0 Å². The third-order valence-corrected chi connectivity index (χ3v) is 1.73. The summed E-state index contributed by atoms with van der Waals surface area (Å²) in [6.07, 6.45) is 0. The number of benzene rings is 1. The summed E-state index contributed by atoms with van der Waals surface area (Å²) in [4.78, 5) is 21.8. The molecule has 1 amide bonds. The van der Waals surface area contributed by atoms with E-state index in [1.165, 1.54) is 0 Å². The Kier molecular flexibility index (Phi) is 3.82. The van der Waals surface area contributed by atoms with Gasteiger partial charge in [0.1, 0.15) is 0 Å². The van der Waals surface area contributed by atoms with E-state index in [4.69, 9.17) is 5.73 Å². The highest BCUT2D eigenvalue weighted by Gasteiger charge is 2.09. The number of hydrogen-bond donors (Lipinski definition) is 2. The number of Topliss-reactive ketones (excluding diaryl/α,β-unsaturated/α-hetero) is 1. The summed E-state index contributed by atoms with van der Waals surface area (Å²) in [5.41, 5.74) is 5.98. The lowest BCUT2D eigenvalue weighted by Crippen LogP contribution is -2.34. The molecule has 0 saturated carbocycles. The highest BCUT2D eigenvalue weighted by Crippen LogP contribution is 1.96. The van der Waals surface area contributed by atoms with Gasteiger partial charge in [0.2, 0.25) is 5.78 Å². The van der Waals surface area contributed by atoms with Crippen molar-refractivity contribution in [1.82, 2.24) is 5.32 Å². The molecule has 74 valence electrons. The van der Waals surface area contributed by atoms with Crippen molar-refractivity contribution in [3.8, 4) is 0 Å². The monoisotopic (exact) mass is 192 g/mol. The molecule has 0 aliphatic rings. The Morgan fingerprint density at radius 2 is 1.86 bits per heavy atom. The number of carbonyl (C=O) groups excluding carboxylic acids is 2. The third kappa shape index (κ3) is 2.99. The van der Waals surface area contributed by atoms with Gasteiger partial charge in [0.05, 0.1) is 6.54 Å². The molecule has 3 N–H and O–H groups in total. The van der Waals surface area contributed by atoms with Crippen molar-refractivity contribution in [3.63, 3.8) is 0 Å². The van der Waals surface area contributed by atoms with Gasteiger partial charge < -0.3 is 11.1 Å². The van der Waals surface area contributed by atoms with Crippen molar-refractivity contribution in [2.24, 2.45) is 5.73 Å². The summed E-state index contributed by atoms with van der Waals surface area (Å²) in [7, 11) is 0.